The van der Waals surface area contributed by atoms with Gasteiger partial charge in [0.25, 0.3) is 10.0 Å². The maximum absolute atomic E-state index is 13.5. The van der Waals surface area contributed by atoms with Crippen molar-refractivity contribution >= 4 is 21.6 Å². The minimum Gasteiger partial charge on any atom is -0.497 e. The fourth-order valence-corrected chi connectivity index (χ4v) is 5.68. The molecule has 0 bridgehead atoms. The van der Waals surface area contributed by atoms with Crippen molar-refractivity contribution in [1.29, 1.82) is 0 Å². The van der Waals surface area contributed by atoms with E-state index in [1.807, 2.05) is 18.2 Å². The lowest BCUT2D eigenvalue weighted by molar-refractivity contribution is -0.119. The van der Waals surface area contributed by atoms with Gasteiger partial charge in [-0.15, -0.1) is 0 Å². The van der Waals surface area contributed by atoms with Gasteiger partial charge < -0.3 is 10.1 Å². The molecule has 1 aliphatic heterocycles. The second-order valence-corrected chi connectivity index (χ2v) is 10.4. The average Bonchev–Trinajstić information content (AvgIpc) is 3.40. The summed E-state index contributed by atoms with van der Waals surface area (Å²) in [6.45, 7) is 3.02. The Morgan fingerprint density at radius 1 is 0.943 bits per heavy atom. The summed E-state index contributed by atoms with van der Waals surface area (Å²) in [4.78, 5) is 15.6. The van der Waals surface area contributed by atoms with E-state index in [1.165, 1.54) is 37.6 Å². The first-order valence-corrected chi connectivity index (χ1v) is 13.2. The van der Waals surface area contributed by atoms with Crippen LogP contribution < -0.4 is 14.4 Å². The molecule has 3 aromatic rings. The molecule has 0 spiro atoms. The lowest BCUT2D eigenvalue weighted by Gasteiger charge is -2.24. The Labute approximate surface area is 207 Å². The molecule has 0 aromatic heterocycles. The topological polar surface area (TPSA) is 79.0 Å². The molecule has 0 aliphatic carbocycles. The number of anilines is 1. The molecule has 1 aliphatic rings. The zero-order valence-corrected chi connectivity index (χ0v) is 20.7. The summed E-state index contributed by atoms with van der Waals surface area (Å²) in [5.41, 5.74) is 2.57. The molecule has 184 valence electrons. The van der Waals surface area contributed by atoms with Crippen LogP contribution in [0.15, 0.2) is 83.8 Å². The quantitative estimate of drug-likeness (QED) is 0.465. The smallest absolute Gasteiger partial charge is 0.264 e. The molecule has 3 aromatic carbocycles. The van der Waals surface area contributed by atoms with E-state index in [0.29, 0.717) is 18.0 Å². The molecule has 7 nitrogen and oxygen atoms in total. The highest BCUT2D eigenvalue weighted by molar-refractivity contribution is 7.92. The number of sulfonamides is 1. The maximum atomic E-state index is 13.5. The average molecular weight is 494 g/mol. The number of carbonyl (C=O) groups is 1. The number of hydrogen-bond donors (Lipinski definition) is 1. The van der Waals surface area contributed by atoms with Gasteiger partial charge in [-0.3, -0.25) is 14.0 Å². The molecular weight excluding hydrogens is 462 g/mol. The van der Waals surface area contributed by atoms with Crippen LogP contribution in [-0.4, -0.2) is 46.0 Å². The molecule has 0 saturated carbocycles. The highest BCUT2D eigenvalue weighted by atomic mass is 32.2. The van der Waals surface area contributed by atoms with Crippen LogP contribution >= 0.6 is 0 Å². The third-order valence-corrected chi connectivity index (χ3v) is 7.93. The minimum atomic E-state index is -3.97. The Hall–Kier alpha value is -3.36. The largest absolute Gasteiger partial charge is 0.497 e. The molecule has 0 radical (unpaired) electrons. The Bertz CT molecular complexity index is 1240. The monoisotopic (exact) mass is 493 g/mol. The lowest BCUT2D eigenvalue weighted by atomic mass is 10.1. The van der Waals surface area contributed by atoms with Gasteiger partial charge in [-0.05, 0) is 61.3 Å². The fourth-order valence-electron chi connectivity index (χ4n) is 4.25. The Kier molecular flexibility index (Phi) is 8.05. The predicted molar refractivity (Wildman–Crippen MR) is 137 cm³/mol. The summed E-state index contributed by atoms with van der Waals surface area (Å²) in [7, 11) is -2.46. The van der Waals surface area contributed by atoms with Gasteiger partial charge in [0, 0.05) is 19.2 Å². The number of amides is 1. The number of likely N-dealkylation sites (tertiary alicyclic amines) is 1. The van der Waals surface area contributed by atoms with E-state index in [9.17, 15) is 13.2 Å². The Morgan fingerprint density at radius 3 is 2.34 bits per heavy atom. The molecule has 4 rings (SSSR count). The standard InChI is InChI=1S/C27H31N3O4S/c1-34-25-13-9-12-24(18-25)30(35(32,33)26-14-3-2-4-15-26)21-27(31)28-19-22-10-5-6-11-23(22)20-29-16-7-8-17-29/h2-6,9-15,18H,7-8,16-17,19-21H2,1H3,(H,28,31). The summed E-state index contributed by atoms with van der Waals surface area (Å²) >= 11 is 0. The second-order valence-electron chi connectivity index (χ2n) is 8.55. The third-order valence-electron chi connectivity index (χ3n) is 6.15. The van der Waals surface area contributed by atoms with Crippen LogP contribution in [0, 0.1) is 0 Å². The van der Waals surface area contributed by atoms with Gasteiger partial charge in [0.15, 0.2) is 0 Å². The van der Waals surface area contributed by atoms with E-state index in [2.05, 4.69) is 16.3 Å². The van der Waals surface area contributed by atoms with E-state index in [4.69, 9.17) is 4.74 Å². The van der Waals surface area contributed by atoms with Crippen molar-refractivity contribution in [2.45, 2.75) is 30.8 Å². The van der Waals surface area contributed by atoms with Crippen molar-refractivity contribution in [3.63, 3.8) is 0 Å². The van der Waals surface area contributed by atoms with E-state index in [-0.39, 0.29) is 17.3 Å². The second kappa shape index (κ2) is 11.4. The molecule has 1 saturated heterocycles. The highest BCUT2D eigenvalue weighted by Gasteiger charge is 2.27. The first-order chi connectivity index (χ1) is 17.0. The van der Waals surface area contributed by atoms with Crippen molar-refractivity contribution < 1.29 is 17.9 Å². The van der Waals surface area contributed by atoms with E-state index >= 15 is 0 Å². The van der Waals surface area contributed by atoms with Crippen LogP contribution in [0.4, 0.5) is 5.69 Å². The summed E-state index contributed by atoms with van der Waals surface area (Å²) in [6.07, 6.45) is 2.43. The maximum Gasteiger partial charge on any atom is 0.264 e. The molecule has 1 fully saturated rings. The zero-order chi connectivity index (χ0) is 24.7. The molecule has 35 heavy (non-hydrogen) atoms. The van der Waals surface area contributed by atoms with Crippen LogP contribution in [0.2, 0.25) is 0 Å². The van der Waals surface area contributed by atoms with E-state index < -0.39 is 10.0 Å². The third kappa shape index (κ3) is 6.21. The summed E-state index contributed by atoms with van der Waals surface area (Å²) < 4.78 is 33.4. The normalized spacial score (nSPS) is 14.0. The molecular formula is C27H31N3O4S. The Morgan fingerprint density at radius 2 is 1.63 bits per heavy atom. The van der Waals surface area contributed by atoms with Gasteiger partial charge in [0.1, 0.15) is 12.3 Å². The first-order valence-electron chi connectivity index (χ1n) is 11.7. The number of carbonyl (C=O) groups excluding carboxylic acids is 1. The SMILES string of the molecule is COc1cccc(N(CC(=O)NCc2ccccc2CN2CCCC2)S(=O)(=O)c2ccccc2)c1. The lowest BCUT2D eigenvalue weighted by Crippen LogP contribution is -2.40. The number of nitrogens with zero attached hydrogens (tertiary/aromatic N) is 2. The molecule has 8 heteroatoms. The van der Waals surface area contributed by atoms with Crippen LogP contribution in [0.5, 0.6) is 5.75 Å². The minimum absolute atomic E-state index is 0.117. The van der Waals surface area contributed by atoms with Crippen LogP contribution in [0.3, 0.4) is 0 Å². The van der Waals surface area contributed by atoms with Crippen molar-refractivity contribution in [2.75, 3.05) is 31.0 Å². The van der Waals surface area contributed by atoms with E-state index in [1.54, 1.807) is 42.5 Å². The number of nitrogens with one attached hydrogen (secondary N) is 1. The van der Waals surface area contributed by atoms with Crippen LogP contribution in [-0.2, 0) is 27.9 Å². The van der Waals surface area contributed by atoms with Crippen LogP contribution in [0.1, 0.15) is 24.0 Å². The molecule has 1 N–H and O–H groups in total. The van der Waals surface area contributed by atoms with Crippen molar-refractivity contribution in [3.05, 3.63) is 90.0 Å². The number of hydrogen-bond acceptors (Lipinski definition) is 5. The first kappa shape index (κ1) is 24.8. The predicted octanol–water partition coefficient (Wildman–Crippen LogP) is 3.80. The van der Waals surface area contributed by atoms with Crippen molar-refractivity contribution in [2.24, 2.45) is 0 Å². The zero-order valence-electron chi connectivity index (χ0n) is 19.9. The van der Waals surface area contributed by atoms with Gasteiger partial charge in [0.05, 0.1) is 17.7 Å². The highest BCUT2D eigenvalue weighted by Crippen LogP contribution is 2.27. The number of methoxy groups -OCH3 is 1. The summed E-state index contributed by atoms with van der Waals surface area (Å²) in [6, 6.07) is 22.9. The summed E-state index contributed by atoms with van der Waals surface area (Å²) in [5.74, 6) is 0.121. The molecule has 1 amide bonds. The number of rotatable bonds is 10. The van der Waals surface area contributed by atoms with Gasteiger partial charge in [-0.1, -0.05) is 48.5 Å². The molecule has 0 unspecified atom stereocenters. The molecule has 1 heterocycles. The van der Waals surface area contributed by atoms with Gasteiger partial charge >= 0.3 is 0 Å². The van der Waals surface area contributed by atoms with E-state index in [0.717, 1.165) is 29.5 Å². The molecule has 0 atom stereocenters. The number of ether oxygens (including phenoxy) is 1. The fraction of sp³-hybridized carbons (Fsp3) is 0.296. The Balaban J connectivity index is 1.52. The van der Waals surface area contributed by atoms with Crippen LogP contribution in [0.25, 0.3) is 0 Å². The number of benzene rings is 3. The van der Waals surface area contributed by atoms with Gasteiger partial charge in [0.2, 0.25) is 5.91 Å². The van der Waals surface area contributed by atoms with Crippen molar-refractivity contribution in [1.82, 2.24) is 10.2 Å². The van der Waals surface area contributed by atoms with Crippen molar-refractivity contribution in [3.8, 4) is 5.75 Å². The van der Waals surface area contributed by atoms with Gasteiger partial charge in [-0.2, -0.15) is 0 Å². The summed E-state index contributed by atoms with van der Waals surface area (Å²) in [5, 5.41) is 2.92. The van der Waals surface area contributed by atoms with Gasteiger partial charge in [-0.25, -0.2) is 8.42 Å².